The Labute approximate surface area is 115 Å². The van der Waals surface area contributed by atoms with Crippen molar-refractivity contribution in [3.8, 4) is 0 Å². The van der Waals surface area contributed by atoms with Gasteiger partial charge in [-0.15, -0.1) is 0 Å². The van der Waals surface area contributed by atoms with Crippen LogP contribution in [0.2, 0.25) is 0 Å². The van der Waals surface area contributed by atoms with Crippen LogP contribution in [-0.2, 0) is 4.79 Å². The summed E-state index contributed by atoms with van der Waals surface area (Å²) in [5, 5.41) is 0. The van der Waals surface area contributed by atoms with Crippen LogP contribution in [0.5, 0.6) is 0 Å². The quantitative estimate of drug-likeness (QED) is 0.765. The monoisotopic (exact) mass is 271 g/mol. The number of hydrogen-bond donors (Lipinski definition) is 1. The number of nitrogens with two attached hydrogens (primary N) is 1. The Balaban J connectivity index is 2.37. The molecule has 1 aliphatic heterocycles. The molecule has 2 N–H and O–H groups in total. The van der Waals surface area contributed by atoms with Crippen LogP contribution in [-0.4, -0.2) is 53.9 Å². The summed E-state index contributed by atoms with van der Waals surface area (Å²) in [7, 11) is 1.82. The van der Waals surface area contributed by atoms with Crippen molar-refractivity contribution in [3.63, 3.8) is 0 Å². The molecule has 0 aromatic rings. The summed E-state index contributed by atoms with van der Waals surface area (Å²) in [6.07, 6.45) is 3.02. The molecule has 0 bridgehead atoms. The van der Waals surface area contributed by atoms with Gasteiger partial charge in [-0.25, -0.2) is 0 Å². The predicted octanol–water partition coefficient (Wildman–Crippen LogP) is 1.24. The van der Waals surface area contributed by atoms with Crippen LogP contribution in [0.4, 0.5) is 0 Å². The lowest BCUT2D eigenvalue weighted by Gasteiger charge is -2.38. The number of piperidine rings is 1. The largest absolute Gasteiger partial charge is 0.393 e. The van der Waals surface area contributed by atoms with Gasteiger partial charge >= 0.3 is 0 Å². The highest BCUT2D eigenvalue weighted by molar-refractivity contribution is 7.80. The van der Waals surface area contributed by atoms with E-state index in [-0.39, 0.29) is 5.91 Å². The van der Waals surface area contributed by atoms with E-state index >= 15 is 0 Å². The van der Waals surface area contributed by atoms with Crippen LogP contribution < -0.4 is 5.73 Å². The lowest BCUT2D eigenvalue weighted by Crippen LogP contribution is -2.46. The second-order valence-corrected chi connectivity index (χ2v) is 6.53. The minimum atomic E-state index is 0.156. The number of hydrogen-bond acceptors (Lipinski definition) is 3. The Morgan fingerprint density at radius 1 is 1.50 bits per heavy atom. The first-order chi connectivity index (χ1) is 8.30. The van der Waals surface area contributed by atoms with Crippen molar-refractivity contribution in [2.75, 3.05) is 33.2 Å². The summed E-state index contributed by atoms with van der Waals surface area (Å²) < 4.78 is 0. The van der Waals surface area contributed by atoms with Gasteiger partial charge in [-0.2, -0.15) is 0 Å². The highest BCUT2D eigenvalue weighted by Gasteiger charge is 2.27. The molecule has 0 saturated carbocycles. The predicted molar refractivity (Wildman–Crippen MR) is 78.5 cm³/mol. The molecule has 1 heterocycles. The zero-order valence-corrected chi connectivity index (χ0v) is 12.6. The van der Waals surface area contributed by atoms with E-state index in [1.807, 2.05) is 7.05 Å². The van der Waals surface area contributed by atoms with E-state index in [4.69, 9.17) is 18.0 Å². The van der Waals surface area contributed by atoms with Crippen LogP contribution in [0.3, 0.4) is 0 Å². The summed E-state index contributed by atoms with van der Waals surface area (Å²) in [6, 6.07) is 0. The van der Waals surface area contributed by atoms with Crippen LogP contribution in [0.1, 0.15) is 33.1 Å². The Kier molecular flexibility index (Phi) is 5.53. The molecule has 0 aliphatic carbocycles. The van der Waals surface area contributed by atoms with E-state index in [9.17, 15) is 4.79 Å². The van der Waals surface area contributed by atoms with Crippen molar-refractivity contribution >= 4 is 23.1 Å². The zero-order valence-electron chi connectivity index (χ0n) is 11.7. The molecule has 1 saturated heterocycles. The maximum Gasteiger partial charge on any atom is 0.236 e. The van der Waals surface area contributed by atoms with Crippen LogP contribution in [0, 0.1) is 5.41 Å². The maximum absolute atomic E-state index is 12.0. The van der Waals surface area contributed by atoms with E-state index in [0.29, 0.717) is 29.9 Å². The van der Waals surface area contributed by atoms with Crippen molar-refractivity contribution in [1.82, 2.24) is 9.80 Å². The molecule has 5 heteroatoms. The molecule has 0 atom stereocenters. The topological polar surface area (TPSA) is 49.6 Å². The van der Waals surface area contributed by atoms with Gasteiger partial charge in [0.1, 0.15) is 0 Å². The van der Waals surface area contributed by atoms with E-state index in [1.54, 1.807) is 4.90 Å². The Hall–Kier alpha value is -0.680. The van der Waals surface area contributed by atoms with Gasteiger partial charge in [0.25, 0.3) is 0 Å². The normalized spacial score (nSPS) is 19.5. The second-order valence-electron chi connectivity index (χ2n) is 6.01. The minimum Gasteiger partial charge on any atom is -0.393 e. The fraction of sp³-hybridized carbons (Fsp3) is 0.846. The molecule has 1 aliphatic rings. The molecule has 0 spiro atoms. The molecule has 18 heavy (non-hydrogen) atoms. The third-order valence-corrected chi connectivity index (χ3v) is 3.66. The highest BCUT2D eigenvalue weighted by Crippen LogP contribution is 2.28. The van der Waals surface area contributed by atoms with Gasteiger partial charge in [0.15, 0.2) is 0 Å². The maximum atomic E-state index is 12.0. The number of amides is 1. The molecular weight excluding hydrogens is 246 g/mol. The van der Waals surface area contributed by atoms with Gasteiger partial charge in [-0.3, -0.25) is 9.69 Å². The fourth-order valence-electron chi connectivity index (χ4n) is 2.39. The Morgan fingerprint density at radius 3 is 2.72 bits per heavy atom. The van der Waals surface area contributed by atoms with Gasteiger partial charge in [0, 0.05) is 26.6 Å². The number of carbonyl (C=O) groups is 1. The molecule has 1 fully saturated rings. The first kappa shape index (κ1) is 15.4. The Bertz CT molecular complexity index is 317. The molecule has 4 nitrogen and oxygen atoms in total. The van der Waals surface area contributed by atoms with E-state index in [1.165, 1.54) is 12.8 Å². The van der Waals surface area contributed by atoms with Crippen molar-refractivity contribution in [2.45, 2.75) is 33.1 Å². The van der Waals surface area contributed by atoms with Crippen LogP contribution in [0.15, 0.2) is 0 Å². The highest BCUT2D eigenvalue weighted by atomic mass is 32.1. The third kappa shape index (κ3) is 5.31. The third-order valence-electron chi connectivity index (χ3n) is 3.46. The fourth-order valence-corrected chi connectivity index (χ4v) is 2.49. The van der Waals surface area contributed by atoms with Gasteiger partial charge in [0.2, 0.25) is 5.91 Å². The first-order valence-electron chi connectivity index (χ1n) is 6.55. The van der Waals surface area contributed by atoms with Crippen molar-refractivity contribution in [1.29, 1.82) is 0 Å². The number of carbonyl (C=O) groups excluding carboxylic acids is 1. The van der Waals surface area contributed by atoms with E-state index in [2.05, 4.69) is 18.7 Å². The van der Waals surface area contributed by atoms with Gasteiger partial charge in [0.05, 0.1) is 11.5 Å². The summed E-state index contributed by atoms with van der Waals surface area (Å²) in [5.41, 5.74) is 5.77. The molecule has 0 radical (unpaired) electrons. The lowest BCUT2D eigenvalue weighted by atomic mass is 9.84. The number of thiocarbonyl (C=S) groups is 1. The first-order valence-corrected chi connectivity index (χ1v) is 6.96. The van der Waals surface area contributed by atoms with Gasteiger partial charge in [-0.1, -0.05) is 26.1 Å². The Morgan fingerprint density at radius 2 is 2.17 bits per heavy atom. The molecule has 104 valence electrons. The summed E-state index contributed by atoms with van der Waals surface area (Å²) in [6.45, 7) is 7.68. The van der Waals surface area contributed by atoms with Gasteiger partial charge in [-0.05, 0) is 24.8 Å². The molecule has 0 aromatic carbocycles. The number of nitrogens with zero attached hydrogens (tertiary/aromatic N) is 2. The zero-order chi connectivity index (χ0) is 13.8. The molecule has 1 amide bonds. The van der Waals surface area contributed by atoms with Crippen molar-refractivity contribution < 1.29 is 4.79 Å². The van der Waals surface area contributed by atoms with E-state index in [0.717, 1.165) is 13.1 Å². The SMILES string of the molecule is CN(CCC(N)=S)C(=O)CN1CCCC(C)(C)C1. The van der Waals surface area contributed by atoms with E-state index < -0.39 is 0 Å². The second kappa shape index (κ2) is 6.48. The number of likely N-dealkylation sites (tertiary alicyclic amines) is 1. The smallest absolute Gasteiger partial charge is 0.236 e. The van der Waals surface area contributed by atoms with Crippen molar-refractivity contribution in [2.24, 2.45) is 11.1 Å². The average Bonchev–Trinajstić information content (AvgIpc) is 2.24. The lowest BCUT2D eigenvalue weighted by molar-refractivity contribution is -0.131. The molecular formula is C13H25N3OS. The summed E-state index contributed by atoms with van der Waals surface area (Å²) in [4.78, 5) is 16.5. The summed E-state index contributed by atoms with van der Waals surface area (Å²) in [5.74, 6) is 0.156. The standard InChI is InChI=1S/C13H25N3OS/c1-13(2)6-4-7-16(10-13)9-12(17)15(3)8-5-11(14)18/h4-10H2,1-3H3,(H2,14,18). The molecule has 1 rings (SSSR count). The van der Waals surface area contributed by atoms with Crippen LogP contribution >= 0.6 is 12.2 Å². The van der Waals surface area contributed by atoms with Crippen molar-refractivity contribution in [3.05, 3.63) is 0 Å². The molecule has 0 aromatic heterocycles. The van der Waals surface area contributed by atoms with Gasteiger partial charge < -0.3 is 10.6 Å². The number of likely N-dealkylation sites (N-methyl/N-ethyl adjacent to an activating group) is 1. The van der Waals surface area contributed by atoms with Crippen LogP contribution in [0.25, 0.3) is 0 Å². The minimum absolute atomic E-state index is 0.156. The summed E-state index contributed by atoms with van der Waals surface area (Å²) >= 11 is 4.82. The number of rotatable bonds is 5. The average molecular weight is 271 g/mol. The molecule has 0 unspecified atom stereocenters.